The van der Waals surface area contributed by atoms with Gasteiger partial charge in [0.2, 0.25) is 5.91 Å². The average molecular weight is 503 g/mol. The van der Waals surface area contributed by atoms with Crippen molar-refractivity contribution in [3.8, 4) is 0 Å². The highest BCUT2D eigenvalue weighted by Crippen LogP contribution is 2.26. The van der Waals surface area contributed by atoms with Gasteiger partial charge in [-0.15, -0.1) is 0 Å². The molecule has 0 radical (unpaired) electrons. The fourth-order valence-corrected chi connectivity index (χ4v) is 5.37. The maximum Gasteiger partial charge on any atom is 0.264 e. The first-order valence-electron chi connectivity index (χ1n) is 11.5. The van der Waals surface area contributed by atoms with Crippen molar-refractivity contribution < 1.29 is 17.6 Å². The minimum atomic E-state index is -4.14. The number of hydrogen-bond donors (Lipinski definition) is 1. The fraction of sp³-hybridized carbons (Fsp3) is 0.138. The van der Waals surface area contributed by atoms with E-state index in [0.29, 0.717) is 5.69 Å². The normalized spacial score (nSPS) is 12.1. The molecule has 184 valence electrons. The van der Waals surface area contributed by atoms with Gasteiger partial charge in [0.15, 0.2) is 0 Å². The van der Waals surface area contributed by atoms with Crippen LogP contribution in [0.25, 0.3) is 0 Å². The maximum atomic E-state index is 13.6. The Morgan fingerprint density at radius 2 is 1.44 bits per heavy atom. The molecule has 36 heavy (non-hydrogen) atoms. The first kappa shape index (κ1) is 25.1. The SMILES string of the molecule is Cc1ccc(N(CC(=O)NC(c2ccccc2)c2cccc(C)c2)S(=O)(=O)c2ccc(F)cc2)cc1. The number of nitrogens with zero attached hydrogens (tertiary/aromatic N) is 1. The molecule has 0 aromatic heterocycles. The molecule has 4 aromatic carbocycles. The van der Waals surface area contributed by atoms with Crippen LogP contribution in [-0.4, -0.2) is 20.9 Å². The number of amides is 1. The van der Waals surface area contributed by atoms with Crippen LogP contribution in [0.2, 0.25) is 0 Å². The molecule has 0 bridgehead atoms. The van der Waals surface area contributed by atoms with Gasteiger partial charge in [0, 0.05) is 0 Å². The van der Waals surface area contributed by atoms with Gasteiger partial charge in [-0.25, -0.2) is 12.8 Å². The molecule has 0 aliphatic heterocycles. The number of nitrogens with one attached hydrogen (secondary N) is 1. The zero-order chi connectivity index (χ0) is 25.7. The number of halogens is 1. The van der Waals surface area contributed by atoms with Crippen molar-refractivity contribution in [2.24, 2.45) is 0 Å². The van der Waals surface area contributed by atoms with Crippen molar-refractivity contribution in [3.05, 3.63) is 131 Å². The molecule has 0 aliphatic rings. The molecule has 1 amide bonds. The Morgan fingerprint density at radius 3 is 2.08 bits per heavy atom. The molecular weight excluding hydrogens is 475 g/mol. The fourth-order valence-electron chi connectivity index (χ4n) is 3.95. The third-order valence-corrected chi connectivity index (χ3v) is 7.61. The van der Waals surface area contributed by atoms with E-state index in [4.69, 9.17) is 0 Å². The second kappa shape index (κ2) is 10.7. The number of carbonyl (C=O) groups excluding carboxylic acids is 1. The molecule has 0 heterocycles. The van der Waals surface area contributed by atoms with Crippen molar-refractivity contribution in [2.75, 3.05) is 10.8 Å². The summed E-state index contributed by atoms with van der Waals surface area (Å²) >= 11 is 0. The summed E-state index contributed by atoms with van der Waals surface area (Å²) in [5.74, 6) is -1.02. The summed E-state index contributed by atoms with van der Waals surface area (Å²) in [5, 5.41) is 3.02. The van der Waals surface area contributed by atoms with E-state index in [0.717, 1.165) is 38.7 Å². The van der Waals surface area contributed by atoms with Crippen molar-refractivity contribution in [2.45, 2.75) is 24.8 Å². The van der Waals surface area contributed by atoms with Gasteiger partial charge in [-0.1, -0.05) is 77.9 Å². The summed E-state index contributed by atoms with van der Waals surface area (Å²) in [5.41, 5.74) is 4.10. The summed E-state index contributed by atoms with van der Waals surface area (Å²) in [6.45, 7) is 3.42. The van der Waals surface area contributed by atoms with Gasteiger partial charge in [-0.05, 0) is 61.4 Å². The minimum absolute atomic E-state index is 0.101. The molecule has 0 spiro atoms. The van der Waals surface area contributed by atoms with Gasteiger partial charge in [0.05, 0.1) is 16.6 Å². The van der Waals surface area contributed by atoms with Crippen molar-refractivity contribution >= 4 is 21.6 Å². The lowest BCUT2D eigenvalue weighted by Gasteiger charge is -2.26. The van der Waals surface area contributed by atoms with E-state index in [-0.39, 0.29) is 4.90 Å². The molecule has 5 nitrogen and oxygen atoms in total. The van der Waals surface area contributed by atoms with E-state index in [1.54, 1.807) is 24.3 Å². The molecule has 4 aromatic rings. The van der Waals surface area contributed by atoms with Gasteiger partial charge in [0.1, 0.15) is 12.4 Å². The molecule has 0 aliphatic carbocycles. The van der Waals surface area contributed by atoms with Crippen LogP contribution in [0.5, 0.6) is 0 Å². The molecule has 0 saturated carbocycles. The van der Waals surface area contributed by atoms with Crippen LogP contribution < -0.4 is 9.62 Å². The van der Waals surface area contributed by atoms with Crippen LogP contribution in [0.4, 0.5) is 10.1 Å². The molecule has 4 rings (SSSR count). The number of sulfonamides is 1. The lowest BCUT2D eigenvalue weighted by molar-refractivity contribution is -0.120. The lowest BCUT2D eigenvalue weighted by Crippen LogP contribution is -2.42. The van der Waals surface area contributed by atoms with Crippen molar-refractivity contribution in [3.63, 3.8) is 0 Å². The molecule has 1 N–H and O–H groups in total. The Hall–Kier alpha value is -3.97. The number of carbonyl (C=O) groups is 1. The van der Waals surface area contributed by atoms with Crippen LogP contribution in [0, 0.1) is 19.7 Å². The molecule has 7 heteroatoms. The highest BCUT2D eigenvalue weighted by molar-refractivity contribution is 7.92. The third-order valence-electron chi connectivity index (χ3n) is 5.82. The van der Waals surface area contributed by atoms with E-state index in [9.17, 15) is 17.6 Å². The Labute approximate surface area is 211 Å². The van der Waals surface area contributed by atoms with Crippen LogP contribution >= 0.6 is 0 Å². The van der Waals surface area contributed by atoms with Crippen LogP contribution in [0.15, 0.2) is 108 Å². The summed E-state index contributed by atoms with van der Waals surface area (Å²) < 4.78 is 41.6. The van der Waals surface area contributed by atoms with E-state index in [1.165, 1.54) is 12.1 Å². The minimum Gasteiger partial charge on any atom is -0.344 e. The van der Waals surface area contributed by atoms with Crippen molar-refractivity contribution in [1.29, 1.82) is 0 Å². The Morgan fingerprint density at radius 1 is 0.806 bits per heavy atom. The number of hydrogen-bond acceptors (Lipinski definition) is 3. The Balaban J connectivity index is 1.68. The van der Waals surface area contributed by atoms with Crippen LogP contribution in [0.3, 0.4) is 0 Å². The predicted octanol–water partition coefficient (Wildman–Crippen LogP) is 5.54. The number of benzene rings is 4. The average Bonchev–Trinajstić information content (AvgIpc) is 2.87. The second-order valence-corrected chi connectivity index (χ2v) is 10.5. The monoisotopic (exact) mass is 502 g/mol. The Bertz CT molecular complexity index is 1440. The van der Waals surface area contributed by atoms with Crippen LogP contribution in [0.1, 0.15) is 28.3 Å². The molecular formula is C29H27FN2O3S. The molecule has 0 saturated heterocycles. The van der Waals surface area contributed by atoms with E-state index in [1.807, 2.05) is 68.4 Å². The molecule has 0 fully saturated rings. The number of anilines is 1. The largest absolute Gasteiger partial charge is 0.344 e. The predicted molar refractivity (Wildman–Crippen MR) is 140 cm³/mol. The highest BCUT2D eigenvalue weighted by atomic mass is 32.2. The van der Waals surface area contributed by atoms with Gasteiger partial charge in [0.25, 0.3) is 10.0 Å². The molecule has 1 atom stereocenters. The summed E-state index contributed by atoms with van der Waals surface area (Å²) in [6, 6.07) is 28.3. The first-order valence-corrected chi connectivity index (χ1v) is 12.9. The van der Waals surface area contributed by atoms with Crippen LogP contribution in [-0.2, 0) is 14.8 Å². The van der Waals surface area contributed by atoms with E-state index < -0.39 is 34.3 Å². The zero-order valence-corrected chi connectivity index (χ0v) is 20.9. The maximum absolute atomic E-state index is 13.6. The lowest BCUT2D eigenvalue weighted by atomic mass is 9.97. The quantitative estimate of drug-likeness (QED) is 0.344. The highest BCUT2D eigenvalue weighted by Gasteiger charge is 2.28. The standard InChI is InChI=1S/C29H27FN2O3S/c1-21-11-15-26(16-12-21)32(36(34,35)27-17-13-25(30)14-18-27)20-28(33)31-29(23-8-4-3-5-9-23)24-10-6-7-22(2)19-24/h3-19,29H,20H2,1-2H3,(H,31,33). The van der Waals surface area contributed by atoms with Gasteiger partial charge in [-0.2, -0.15) is 0 Å². The van der Waals surface area contributed by atoms with Gasteiger partial charge in [-0.3, -0.25) is 9.10 Å². The first-order chi connectivity index (χ1) is 17.2. The smallest absolute Gasteiger partial charge is 0.264 e. The topological polar surface area (TPSA) is 66.5 Å². The zero-order valence-electron chi connectivity index (χ0n) is 20.1. The summed E-state index contributed by atoms with van der Waals surface area (Å²) in [4.78, 5) is 13.3. The van der Waals surface area contributed by atoms with E-state index in [2.05, 4.69) is 5.32 Å². The number of rotatable bonds is 8. The third kappa shape index (κ3) is 5.80. The summed E-state index contributed by atoms with van der Waals surface area (Å²) in [6.07, 6.45) is 0. The molecule has 1 unspecified atom stereocenters. The number of aryl methyl sites for hydroxylation is 2. The van der Waals surface area contributed by atoms with Crippen molar-refractivity contribution in [1.82, 2.24) is 5.32 Å². The van der Waals surface area contributed by atoms with E-state index >= 15 is 0 Å². The second-order valence-electron chi connectivity index (χ2n) is 8.63. The van der Waals surface area contributed by atoms with Gasteiger partial charge < -0.3 is 5.32 Å². The summed E-state index contributed by atoms with van der Waals surface area (Å²) in [7, 11) is -4.14. The Kier molecular flexibility index (Phi) is 7.50. The van der Waals surface area contributed by atoms with Gasteiger partial charge >= 0.3 is 0 Å².